The fourth-order valence-corrected chi connectivity index (χ4v) is 3.53. The van der Waals surface area contributed by atoms with Crippen LogP contribution >= 0.6 is 0 Å². The van der Waals surface area contributed by atoms with E-state index in [1.807, 2.05) is 42.8 Å². The van der Waals surface area contributed by atoms with Gasteiger partial charge >= 0.3 is 0 Å². The van der Waals surface area contributed by atoms with E-state index in [9.17, 15) is 5.11 Å². The van der Waals surface area contributed by atoms with Crippen LogP contribution in [0.3, 0.4) is 0 Å². The third-order valence-corrected chi connectivity index (χ3v) is 4.86. The molecule has 2 N–H and O–H groups in total. The highest BCUT2D eigenvalue weighted by molar-refractivity contribution is 5.78. The molecule has 2 heterocycles. The first-order valence-electron chi connectivity index (χ1n) is 8.25. The van der Waals surface area contributed by atoms with Crippen LogP contribution in [0.2, 0.25) is 0 Å². The van der Waals surface area contributed by atoms with Gasteiger partial charge in [-0.3, -0.25) is 0 Å². The number of anilines is 1. The minimum absolute atomic E-state index is 0.133. The van der Waals surface area contributed by atoms with Crippen molar-refractivity contribution in [3.8, 4) is 0 Å². The molecular formula is C17H21N5O2. The maximum atomic E-state index is 10.4. The quantitative estimate of drug-likeness (QED) is 0.764. The fraction of sp³-hybridized carbons (Fsp3) is 0.471. The van der Waals surface area contributed by atoms with Crippen molar-refractivity contribution >= 4 is 17.0 Å². The number of fused-ring (bicyclic) bond motifs is 1. The number of nitrogens with zero attached hydrogens (tertiary/aromatic N) is 4. The molecule has 0 saturated heterocycles. The number of hydrogen-bond acceptors (Lipinski definition) is 6. The molecule has 0 amide bonds. The summed E-state index contributed by atoms with van der Waals surface area (Å²) in [5.41, 5.74) is 2.06. The molecule has 24 heavy (non-hydrogen) atoms. The zero-order valence-corrected chi connectivity index (χ0v) is 13.8. The summed E-state index contributed by atoms with van der Waals surface area (Å²) in [7, 11) is 1.99. The van der Waals surface area contributed by atoms with Crippen LogP contribution in [0.4, 0.5) is 5.95 Å². The Morgan fingerprint density at radius 3 is 2.88 bits per heavy atom. The second-order valence-corrected chi connectivity index (χ2v) is 6.54. The van der Waals surface area contributed by atoms with Crippen LogP contribution in [-0.2, 0) is 7.05 Å². The lowest BCUT2D eigenvalue weighted by molar-refractivity contribution is 0.137. The van der Waals surface area contributed by atoms with Crippen molar-refractivity contribution in [2.75, 3.05) is 11.9 Å². The Kier molecular flexibility index (Phi) is 3.72. The summed E-state index contributed by atoms with van der Waals surface area (Å²) in [6, 6.07) is 8.03. The molecule has 7 nitrogen and oxygen atoms in total. The van der Waals surface area contributed by atoms with E-state index in [2.05, 4.69) is 20.4 Å². The maximum absolute atomic E-state index is 10.4. The Morgan fingerprint density at radius 2 is 2.12 bits per heavy atom. The monoisotopic (exact) mass is 327 g/mol. The molecule has 1 aliphatic carbocycles. The van der Waals surface area contributed by atoms with Gasteiger partial charge in [0.1, 0.15) is 0 Å². The van der Waals surface area contributed by atoms with E-state index in [4.69, 9.17) is 4.52 Å². The van der Waals surface area contributed by atoms with E-state index < -0.39 is 0 Å². The number of aromatic nitrogens is 4. The molecule has 4 rings (SSSR count). The first kappa shape index (κ1) is 15.1. The van der Waals surface area contributed by atoms with Gasteiger partial charge in [-0.1, -0.05) is 17.3 Å². The molecule has 0 aliphatic heterocycles. The van der Waals surface area contributed by atoms with Gasteiger partial charge in [0.05, 0.1) is 17.1 Å². The molecule has 3 aromatic rings. The van der Waals surface area contributed by atoms with Crippen molar-refractivity contribution < 1.29 is 9.63 Å². The largest absolute Gasteiger partial charge is 0.393 e. The van der Waals surface area contributed by atoms with Crippen LogP contribution in [0.25, 0.3) is 11.0 Å². The number of rotatable bonds is 4. The van der Waals surface area contributed by atoms with Crippen LogP contribution < -0.4 is 5.32 Å². The Hall–Kier alpha value is -2.41. The van der Waals surface area contributed by atoms with Crippen LogP contribution in [0.5, 0.6) is 0 Å². The minimum atomic E-state index is -0.371. The van der Waals surface area contributed by atoms with Gasteiger partial charge in [-0.2, -0.15) is 4.98 Å². The maximum Gasteiger partial charge on any atom is 0.229 e. The molecule has 1 aliphatic rings. The molecule has 0 bridgehead atoms. The second kappa shape index (κ2) is 5.90. The van der Waals surface area contributed by atoms with E-state index in [0.717, 1.165) is 23.4 Å². The molecule has 3 atom stereocenters. The molecule has 0 radical (unpaired) electrons. The van der Waals surface area contributed by atoms with Gasteiger partial charge in [-0.15, -0.1) is 0 Å². The van der Waals surface area contributed by atoms with Gasteiger partial charge in [0.2, 0.25) is 11.8 Å². The Morgan fingerprint density at radius 1 is 1.29 bits per heavy atom. The molecule has 1 fully saturated rings. The van der Waals surface area contributed by atoms with Crippen molar-refractivity contribution in [3.63, 3.8) is 0 Å². The minimum Gasteiger partial charge on any atom is -0.393 e. The van der Waals surface area contributed by atoms with E-state index in [1.54, 1.807) is 0 Å². The highest BCUT2D eigenvalue weighted by atomic mass is 16.5. The first-order valence-corrected chi connectivity index (χ1v) is 8.25. The number of benzene rings is 1. The molecule has 1 saturated carbocycles. The lowest BCUT2D eigenvalue weighted by Gasteiger charge is -2.15. The fourth-order valence-electron chi connectivity index (χ4n) is 3.53. The van der Waals surface area contributed by atoms with E-state index in [1.165, 1.54) is 0 Å². The van der Waals surface area contributed by atoms with Crippen molar-refractivity contribution in [2.24, 2.45) is 13.0 Å². The second-order valence-electron chi connectivity index (χ2n) is 6.54. The molecule has 2 aromatic heterocycles. The molecule has 0 unspecified atom stereocenters. The predicted molar refractivity (Wildman–Crippen MR) is 89.7 cm³/mol. The number of aryl methyl sites for hydroxylation is 2. The number of imidazole rings is 1. The van der Waals surface area contributed by atoms with Gasteiger partial charge in [-0.25, -0.2) is 4.98 Å². The Balaban J connectivity index is 1.44. The summed E-state index contributed by atoms with van der Waals surface area (Å²) in [6.45, 7) is 2.48. The Labute approximate surface area is 139 Å². The topological polar surface area (TPSA) is 89.0 Å². The van der Waals surface area contributed by atoms with Crippen molar-refractivity contribution in [2.45, 2.75) is 31.8 Å². The third kappa shape index (κ3) is 2.65. The number of nitrogens with one attached hydrogen (secondary N) is 1. The van der Waals surface area contributed by atoms with Crippen LogP contribution in [0.15, 0.2) is 28.8 Å². The Bertz CT molecular complexity index is 856. The van der Waals surface area contributed by atoms with Crippen molar-refractivity contribution in [1.29, 1.82) is 0 Å². The van der Waals surface area contributed by atoms with E-state index in [0.29, 0.717) is 24.7 Å². The molecular weight excluding hydrogens is 306 g/mol. The summed E-state index contributed by atoms with van der Waals surface area (Å²) in [5.74, 6) is 2.37. The lowest BCUT2D eigenvalue weighted by atomic mass is 10.0. The first-order chi connectivity index (χ1) is 11.6. The normalized spacial score (nSPS) is 23.9. The van der Waals surface area contributed by atoms with Gasteiger partial charge < -0.3 is 19.5 Å². The number of aliphatic hydroxyl groups is 1. The van der Waals surface area contributed by atoms with Gasteiger partial charge in [0.25, 0.3) is 0 Å². The smallest absolute Gasteiger partial charge is 0.229 e. The SMILES string of the molecule is Cc1noc([C@H]2C[C@H](CNc3nc4ccccc4n3C)[C@H](O)C2)n1. The van der Waals surface area contributed by atoms with Crippen molar-refractivity contribution in [1.82, 2.24) is 19.7 Å². The molecule has 126 valence electrons. The lowest BCUT2D eigenvalue weighted by Crippen LogP contribution is -2.22. The van der Waals surface area contributed by atoms with Crippen molar-refractivity contribution in [3.05, 3.63) is 36.0 Å². The van der Waals surface area contributed by atoms with Gasteiger partial charge in [0, 0.05) is 25.4 Å². The summed E-state index contributed by atoms with van der Waals surface area (Å²) >= 11 is 0. The van der Waals surface area contributed by atoms with Gasteiger partial charge in [0.15, 0.2) is 5.82 Å². The number of para-hydroxylation sites is 2. The summed E-state index contributed by atoms with van der Waals surface area (Å²) in [6.07, 6.45) is 1.13. The standard InChI is InChI=1S/C17H21N5O2/c1-10-19-16(24-21-10)11-7-12(15(23)8-11)9-18-17-20-13-5-3-4-6-14(13)22(17)2/h3-6,11-12,15,23H,7-9H2,1-2H3,(H,18,20)/t11-,12+,15+/m0/s1. The highest BCUT2D eigenvalue weighted by Crippen LogP contribution is 2.38. The summed E-state index contributed by atoms with van der Waals surface area (Å²) < 4.78 is 7.29. The molecule has 1 aromatic carbocycles. The van der Waals surface area contributed by atoms with E-state index >= 15 is 0 Å². The third-order valence-electron chi connectivity index (χ3n) is 4.86. The summed E-state index contributed by atoms with van der Waals surface area (Å²) in [5, 5.41) is 17.6. The number of aliphatic hydroxyl groups excluding tert-OH is 1. The van der Waals surface area contributed by atoms with Crippen LogP contribution in [0.1, 0.15) is 30.5 Å². The van der Waals surface area contributed by atoms with Crippen LogP contribution in [0, 0.1) is 12.8 Å². The highest BCUT2D eigenvalue weighted by Gasteiger charge is 2.36. The average Bonchev–Trinajstić information content (AvgIpc) is 3.24. The zero-order chi connectivity index (χ0) is 16.7. The average molecular weight is 327 g/mol. The van der Waals surface area contributed by atoms with E-state index in [-0.39, 0.29) is 17.9 Å². The number of hydrogen-bond donors (Lipinski definition) is 2. The molecule has 7 heteroatoms. The molecule has 0 spiro atoms. The summed E-state index contributed by atoms with van der Waals surface area (Å²) in [4.78, 5) is 8.91. The van der Waals surface area contributed by atoms with Crippen LogP contribution in [-0.4, -0.2) is 37.4 Å². The van der Waals surface area contributed by atoms with Gasteiger partial charge in [-0.05, 0) is 31.9 Å². The zero-order valence-electron chi connectivity index (χ0n) is 13.8. The predicted octanol–water partition coefficient (Wildman–Crippen LogP) is 2.23.